The van der Waals surface area contributed by atoms with Crippen LogP contribution in [0.4, 0.5) is 0 Å². The van der Waals surface area contributed by atoms with Crippen LogP contribution in [0.3, 0.4) is 0 Å². The number of furan rings is 1. The number of aliphatic hydroxyl groups excluding tert-OH is 1. The number of aliphatic hydroxyl groups is 1. The summed E-state index contributed by atoms with van der Waals surface area (Å²) in [5.74, 6) is 0.966. The average Bonchev–Trinajstić information content (AvgIpc) is 3.15. The van der Waals surface area contributed by atoms with Gasteiger partial charge in [0.1, 0.15) is 5.76 Å². The fourth-order valence-electron chi connectivity index (χ4n) is 3.00. The SMILES string of the molecule is CCN(CCO)C(C)C(=O)c1cc(C)n(Cc2ccco2)c1C. The van der Waals surface area contributed by atoms with Crippen molar-refractivity contribution in [3.8, 4) is 0 Å². The summed E-state index contributed by atoms with van der Waals surface area (Å²) >= 11 is 0. The molecule has 0 spiro atoms. The number of Topliss-reactive ketones (excluding diaryl/α,β-unsaturated/α-hetero) is 1. The number of aromatic nitrogens is 1. The molecule has 5 heteroatoms. The summed E-state index contributed by atoms with van der Waals surface area (Å²) in [6.07, 6.45) is 1.66. The first-order valence-electron chi connectivity index (χ1n) is 8.07. The molecule has 0 bridgehead atoms. The highest BCUT2D eigenvalue weighted by Gasteiger charge is 2.24. The molecular formula is C18H26N2O3. The number of hydrogen-bond donors (Lipinski definition) is 1. The molecule has 1 N–H and O–H groups in total. The summed E-state index contributed by atoms with van der Waals surface area (Å²) < 4.78 is 7.51. The van der Waals surface area contributed by atoms with Crippen LogP contribution in [0.25, 0.3) is 0 Å². The van der Waals surface area contributed by atoms with E-state index < -0.39 is 0 Å². The average molecular weight is 318 g/mol. The summed E-state index contributed by atoms with van der Waals surface area (Å²) in [4.78, 5) is 14.8. The fraction of sp³-hybridized carbons (Fsp3) is 0.500. The number of rotatable bonds is 8. The van der Waals surface area contributed by atoms with Crippen LogP contribution < -0.4 is 0 Å². The van der Waals surface area contributed by atoms with Crippen LogP contribution >= 0.6 is 0 Å². The van der Waals surface area contributed by atoms with E-state index in [1.54, 1.807) is 6.26 Å². The van der Waals surface area contributed by atoms with Gasteiger partial charge in [0.15, 0.2) is 5.78 Å². The maximum atomic E-state index is 12.8. The first-order chi connectivity index (χ1) is 11.0. The second-order valence-electron chi connectivity index (χ2n) is 5.84. The van der Waals surface area contributed by atoms with Crippen molar-refractivity contribution >= 4 is 5.78 Å². The van der Waals surface area contributed by atoms with Crippen molar-refractivity contribution in [1.82, 2.24) is 9.47 Å². The number of likely N-dealkylation sites (N-methyl/N-ethyl adjacent to an activating group) is 1. The topological polar surface area (TPSA) is 58.6 Å². The van der Waals surface area contributed by atoms with Gasteiger partial charge in [0, 0.05) is 23.5 Å². The highest BCUT2D eigenvalue weighted by atomic mass is 16.3. The Labute approximate surface area is 137 Å². The van der Waals surface area contributed by atoms with Crippen LogP contribution in [0.15, 0.2) is 28.9 Å². The number of hydrogen-bond acceptors (Lipinski definition) is 4. The Morgan fingerprint density at radius 1 is 1.43 bits per heavy atom. The third kappa shape index (κ3) is 3.74. The van der Waals surface area contributed by atoms with Gasteiger partial charge in [0.25, 0.3) is 0 Å². The Morgan fingerprint density at radius 2 is 2.17 bits per heavy atom. The Kier molecular flexibility index (Phi) is 5.80. The predicted octanol–water partition coefficient (Wildman–Crippen LogP) is 2.63. The summed E-state index contributed by atoms with van der Waals surface area (Å²) in [6, 6.07) is 5.50. The molecule has 0 amide bonds. The van der Waals surface area contributed by atoms with Crippen molar-refractivity contribution in [2.24, 2.45) is 0 Å². The van der Waals surface area contributed by atoms with Gasteiger partial charge in [-0.05, 0) is 45.5 Å². The van der Waals surface area contributed by atoms with Crippen molar-refractivity contribution in [3.05, 3.63) is 47.2 Å². The van der Waals surface area contributed by atoms with E-state index in [0.29, 0.717) is 13.1 Å². The van der Waals surface area contributed by atoms with E-state index in [0.717, 1.165) is 29.3 Å². The van der Waals surface area contributed by atoms with E-state index >= 15 is 0 Å². The summed E-state index contributed by atoms with van der Waals surface area (Å²) in [5, 5.41) is 9.15. The molecule has 1 unspecified atom stereocenters. The third-order valence-electron chi connectivity index (χ3n) is 4.45. The molecule has 0 aliphatic carbocycles. The number of carbonyl (C=O) groups is 1. The van der Waals surface area contributed by atoms with Gasteiger partial charge in [0.2, 0.25) is 0 Å². The molecule has 0 radical (unpaired) electrons. The Morgan fingerprint density at radius 3 is 2.74 bits per heavy atom. The van der Waals surface area contributed by atoms with Crippen LogP contribution in [0, 0.1) is 13.8 Å². The molecule has 0 fully saturated rings. The highest BCUT2D eigenvalue weighted by Crippen LogP contribution is 2.20. The zero-order valence-electron chi connectivity index (χ0n) is 14.4. The largest absolute Gasteiger partial charge is 0.467 e. The Bertz CT molecular complexity index is 644. The lowest BCUT2D eigenvalue weighted by molar-refractivity contribution is 0.0816. The van der Waals surface area contributed by atoms with Crippen molar-refractivity contribution in [1.29, 1.82) is 0 Å². The molecular weight excluding hydrogens is 292 g/mol. The van der Waals surface area contributed by atoms with Gasteiger partial charge >= 0.3 is 0 Å². The zero-order valence-corrected chi connectivity index (χ0v) is 14.4. The van der Waals surface area contributed by atoms with E-state index in [1.165, 1.54) is 0 Å². The molecule has 0 aromatic carbocycles. The van der Waals surface area contributed by atoms with Crippen LogP contribution in [0.2, 0.25) is 0 Å². The molecule has 2 heterocycles. The molecule has 2 aromatic heterocycles. The fourth-order valence-corrected chi connectivity index (χ4v) is 3.00. The monoisotopic (exact) mass is 318 g/mol. The zero-order chi connectivity index (χ0) is 17.0. The third-order valence-corrected chi connectivity index (χ3v) is 4.45. The smallest absolute Gasteiger partial charge is 0.181 e. The summed E-state index contributed by atoms with van der Waals surface area (Å²) in [6.45, 7) is 9.80. The van der Waals surface area contributed by atoms with E-state index in [2.05, 4.69) is 4.57 Å². The summed E-state index contributed by atoms with van der Waals surface area (Å²) in [7, 11) is 0. The molecule has 0 aliphatic rings. The van der Waals surface area contributed by atoms with E-state index in [1.807, 2.05) is 50.8 Å². The van der Waals surface area contributed by atoms with E-state index in [-0.39, 0.29) is 18.4 Å². The first kappa shape index (κ1) is 17.5. The molecule has 1 atom stereocenters. The minimum absolute atomic E-state index is 0.0585. The molecule has 2 aromatic rings. The van der Waals surface area contributed by atoms with Gasteiger partial charge in [0.05, 0.1) is 25.5 Å². The van der Waals surface area contributed by atoms with Gasteiger partial charge in [-0.3, -0.25) is 9.69 Å². The van der Waals surface area contributed by atoms with Gasteiger partial charge in [-0.1, -0.05) is 6.92 Å². The van der Waals surface area contributed by atoms with E-state index in [9.17, 15) is 4.79 Å². The van der Waals surface area contributed by atoms with Gasteiger partial charge in [-0.15, -0.1) is 0 Å². The predicted molar refractivity (Wildman–Crippen MR) is 89.8 cm³/mol. The number of carbonyl (C=O) groups excluding carboxylic acids is 1. The first-order valence-corrected chi connectivity index (χ1v) is 8.07. The van der Waals surface area contributed by atoms with Crippen molar-refractivity contribution in [2.75, 3.05) is 19.7 Å². The second kappa shape index (κ2) is 7.62. The Balaban J connectivity index is 2.24. The van der Waals surface area contributed by atoms with Crippen LogP contribution in [0.1, 0.15) is 41.4 Å². The molecule has 23 heavy (non-hydrogen) atoms. The highest BCUT2D eigenvalue weighted by molar-refractivity contribution is 6.01. The van der Waals surface area contributed by atoms with Crippen molar-refractivity contribution in [2.45, 2.75) is 40.3 Å². The summed E-state index contributed by atoms with van der Waals surface area (Å²) in [5.41, 5.74) is 2.74. The van der Waals surface area contributed by atoms with Crippen LogP contribution in [-0.2, 0) is 6.54 Å². The van der Waals surface area contributed by atoms with E-state index in [4.69, 9.17) is 9.52 Å². The quantitative estimate of drug-likeness (QED) is 0.760. The van der Waals surface area contributed by atoms with Crippen molar-refractivity contribution in [3.63, 3.8) is 0 Å². The maximum Gasteiger partial charge on any atom is 0.181 e. The maximum absolute atomic E-state index is 12.8. The molecule has 0 saturated carbocycles. The van der Waals surface area contributed by atoms with Gasteiger partial charge in [-0.2, -0.15) is 0 Å². The number of ketones is 1. The lowest BCUT2D eigenvalue weighted by Gasteiger charge is -2.25. The van der Waals surface area contributed by atoms with Gasteiger partial charge in [-0.25, -0.2) is 0 Å². The second-order valence-corrected chi connectivity index (χ2v) is 5.84. The minimum Gasteiger partial charge on any atom is -0.467 e. The minimum atomic E-state index is -0.246. The Hall–Kier alpha value is -1.85. The van der Waals surface area contributed by atoms with Crippen LogP contribution in [-0.4, -0.2) is 46.1 Å². The molecule has 5 nitrogen and oxygen atoms in total. The normalized spacial score (nSPS) is 12.8. The molecule has 126 valence electrons. The molecule has 0 saturated heterocycles. The van der Waals surface area contributed by atoms with Crippen LogP contribution in [0.5, 0.6) is 0 Å². The lowest BCUT2D eigenvalue weighted by Crippen LogP contribution is -2.40. The molecule has 2 rings (SSSR count). The molecule has 0 aliphatic heterocycles. The van der Waals surface area contributed by atoms with Gasteiger partial charge < -0.3 is 14.1 Å². The number of aryl methyl sites for hydroxylation is 1. The number of nitrogens with zero attached hydrogens (tertiary/aromatic N) is 2. The lowest BCUT2D eigenvalue weighted by atomic mass is 10.0. The van der Waals surface area contributed by atoms with Crippen molar-refractivity contribution < 1.29 is 14.3 Å². The standard InChI is InChI=1S/C18H26N2O3/c1-5-19(8-9-21)15(4)18(22)17-11-13(2)20(14(17)3)12-16-7-6-10-23-16/h6-7,10-11,15,21H,5,8-9,12H2,1-4H3.